The van der Waals surface area contributed by atoms with Crippen LogP contribution in [-0.4, -0.2) is 45.7 Å². The van der Waals surface area contributed by atoms with Crippen molar-refractivity contribution in [1.82, 2.24) is 14.7 Å². The van der Waals surface area contributed by atoms with Crippen molar-refractivity contribution in [2.24, 2.45) is 0 Å². The Bertz CT molecular complexity index is 966. The molecule has 1 fully saturated rings. The summed E-state index contributed by atoms with van der Waals surface area (Å²) in [6, 6.07) is 7.21. The van der Waals surface area contributed by atoms with E-state index >= 15 is 0 Å². The lowest BCUT2D eigenvalue weighted by atomic mass is 10.2. The van der Waals surface area contributed by atoms with Crippen LogP contribution < -0.4 is 10.2 Å². The van der Waals surface area contributed by atoms with E-state index in [4.69, 9.17) is 9.84 Å². The first-order valence-electron chi connectivity index (χ1n) is 8.02. The number of fused-ring (bicyclic) bond motifs is 1. The molecule has 1 aliphatic heterocycles. The van der Waals surface area contributed by atoms with Crippen LogP contribution in [0.2, 0.25) is 0 Å². The van der Waals surface area contributed by atoms with Crippen LogP contribution in [0.15, 0.2) is 42.9 Å². The predicted molar refractivity (Wildman–Crippen MR) is 95.4 cm³/mol. The van der Waals surface area contributed by atoms with Gasteiger partial charge in [-0.1, -0.05) is 0 Å². The number of imidazole rings is 1. The van der Waals surface area contributed by atoms with E-state index in [1.807, 2.05) is 28.9 Å². The number of aliphatic hydroxyl groups is 1. The van der Waals surface area contributed by atoms with E-state index in [0.29, 0.717) is 16.4 Å². The van der Waals surface area contributed by atoms with E-state index in [0.717, 1.165) is 11.2 Å². The highest BCUT2D eigenvalue weighted by molar-refractivity contribution is 7.18. The van der Waals surface area contributed by atoms with Crippen LogP contribution in [0.3, 0.4) is 0 Å². The van der Waals surface area contributed by atoms with Crippen molar-refractivity contribution in [3.63, 3.8) is 0 Å². The van der Waals surface area contributed by atoms with Crippen molar-refractivity contribution >= 4 is 34.0 Å². The Morgan fingerprint density at radius 3 is 3.08 bits per heavy atom. The summed E-state index contributed by atoms with van der Waals surface area (Å²) in [5.74, 6) is -0.212. The van der Waals surface area contributed by atoms with Crippen molar-refractivity contribution in [1.29, 1.82) is 0 Å². The molecular formula is C17H16N4O4S. The normalized spacial score (nSPS) is 16.9. The highest BCUT2D eigenvalue weighted by Crippen LogP contribution is 2.29. The van der Waals surface area contributed by atoms with Gasteiger partial charge in [0.1, 0.15) is 16.8 Å². The second-order valence-electron chi connectivity index (χ2n) is 5.85. The molecule has 0 bridgehead atoms. The molecule has 4 heterocycles. The highest BCUT2D eigenvalue weighted by Gasteiger charge is 2.32. The maximum absolute atomic E-state index is 12.4. The van der Waals surface area contributed by atoms with Crippen LogP contribution in [0.5, 0.6) is 0 Å². The molecule has 1 aliphatic rings. The van der Waals surface area contributed by atoms with Gasteiger partial charge in [-0.05, 0) is 29.8 Å². The van der Waals surface area contributed by atoms with Crippen LogP contribution >= 0.6 is 11.3 Å². The van der Waals surface area contributed by atoms with E-state index in [-0.39, 0.29) is 19.1 Å². The van der Waals surface area contributed by atoms with Gasteiger partial charge in [0.25, 0.3) is 5.91 Å². The Kier molecular flexibility index (Phi) is 4.31. The number of cyclic esters (lactones) is 1. The average Bonchev–Trinajstić information content (AvgIpc) is 3.37. The number of hydrogen-bond donors (Lipinski definition) is 2. The first-order valence-corrected chi connectivity index (χ1v) is 8.84. The van der Waals surface area contributed by atoms with Crippen molar-refractivity contribution < 1.29 is 19.4 Å². The van der Waals surface area contributed by atoms with Gasteiger partial charge in [0.15, 0.2) is 0 Å². The average molecular weight is 372 g/mol. The molecule has 1 atom stereocenters. The van der Waals surface area contributed by atoms with Crippen molar-refractivity contribution in [2.75, 3.05) is 18.1 Å². The largest absolute Gasteiger partial charge is 0.441 e. The third-order valence-electron chi connectivity index (χ3n) is 4.07. The Labute approximate surface area is 152 Å². The second-order valence-corrected chi connectivity index (χ2v) is 6.91. The number of hydrogen-bond acceptors (Lipinski definition) is 6. The van der Waals surface area contributed by atoms with Gasteiger partial charge in [-0.2, -0.15) is 0 Å². The first-order chi connectivity index (χ1) is 12.6. The SMILES string of the molecule is O=C(NCc1ccn2ccnc2c1)c1ccc(N2CC(CO)OC2=O)s1. The number of carbonyl (C=O) groups is 2. The number of carbonyl (C=O) groups excluding carboxylic acids is 2. The monoisotopic (exact) mass is 372 g/mol. The van der Waals surface area contributed by atoms with E-state index in [2.05, 4.69) is 10.3 Å². The molecule has 0 radical (unpaired) electrons. The number of thiophene rings is 1. The van der Waals surface area contributed by atoms with Crippen LogP contribution in [-0.2, 0) is 11.3 Å². The summed E-state index contributed by atoms with van der Waals surface area (Å²) in [6.07, 6.45) is 4.43. The van der Waals surface area contributed by atoms with E-state index in [9.17, 15) is 9.59 Å². The number of aromatic nitrogens is 2. The van der Waals surface area contributed by atoms with E-state index < -0.39 is 12.2 Å². The number of aliphatic hydroxyl groups excluding tert-OH is 1. The zero-order valence-corrected chi connectivity index (χ0v) is 14.5. The maximum atomic E-state index is 12.4. The molecule has 0 aromatic carbocycles. The maximum Gasteiger partial charge on any atom is 0.415 e. The van der Waals surface area contributed by atoms with Crippen molar-refractivity contribution in [3.8, 4) is 0 Å². The van der Waals surface area contributed by atoms with Crippen LogP contribution in [0.25, 0.3) is 5.65 Å². The van der Waals surface area contributed by atoms with E-state index in [1.165, 1.54) is 16.2 Å². The predicted octanol–water partition coefficient (Wildman–Crippen LogP) is 1.64. The number of nitrogens with zero attached hydrogens (tertiary/aromatic N) is 3. The Morgan fingerprint density at radius 1 is 1.38 bits per heavy atom. The molecule has 3 aromatic rings. The zero-order valence-electron chi connectivity index (χ0n) is 13.7. The number of anilines is 1. The molecule has 9 heteroatoms. The van der Waals surface area contributed by atoms with Crippen molar-refractivity contribution in [3.05, 3.63) is 53.3 Å². The van der Waals surface area contributed by atoms with E-state index in [1.54, 1.807) is 18.3 Å². The lowest BCUT2D eigenvalue weighted by Crippen LogP contribution is -2.24. The molecule has 0 spiro atoms. The summed E-state index contributed by atoms with van der Waals surface area (Å²) < 4.78 is 6.91. The Hall–Kier alpha value is -2.91. The fraction of sp³-hybridized carbons (Fsp3) is 0.235. The molecule has 1 saturated heterocycles. The smallest absolute Gasteiger partial charge is 0.415 e. The molecule has 0 aliphatic carbocycles. The summed E-state index contributed by atoms with van der Waals surface area (Å²) in [7, 11) is 0. The third kappa shape index (κ3) is 3.14. The van der Waals surface area contributed by atoms with Gasteiger partial charge in [-0.25, -0.2) is 9.78 Å². The minimum Gasteiger partial charge on any atom is -0.441 e. The summed E-state index contributed by atoms with van der Waals surface area (Å²) in [5.41, 5.74) is 1.77. The van der Waals surface area contributed by atoms with Gasteiger partial charge in [0, 0.05) is 25.1 Å². The molecule has 1 unspecified atom stereocenters. The Balaban J connectivity index is 1.41. The number of rotatable bonds is 5. The molecule has 26 heavy (non-hydrogen) atoms. The number of ether oxygens (including phenoxy) is 1. The van der Waals surface area contributed by atoms with Gasteiger partial charge in [0.2, 0.25) is 0 Å². The van der Waals surface area contributed by atoms with Crippen LogP contribution in [0.1, 0.15) is 15.2 Å². The summed E-state index contributed by atoms with van der Waals surface area (Å²) in [6.45, 7) is 0.441. The fourth-order valence-corrected chi connectivity index (χ4v) is 3.64. The number of pyridine rings is 1. The van der Waals surface area contributed by atoms with Gasteiger partial charge < -0.3 is 19.6 Å². The lowest BCUT2D eigenvalue weighted by molar-refractivity contribution is 0.0953. The minimum atomic E-state index is -0.528. The van der Waals surface area contributed by atoms with Gasteiger partial charge in [0.05, 0.1) is 18.0 Å². The summed E-state index contributed by atoms with van der Waals surface area (Å²) in [5, 5.41) is 12.6. The molecular weight excluding hydrogens is 356 g/mol. The third-order valence-corrected chi connectivity index (χ3v) is 5.18. The Morgan fingerprint density at radius 2 is 2.27 bits per heavy atom. The molecule has 2 amide bonds. The van der Waals surface area contributed by atoms with Gasteiger partial charge >= 0.3 is 6.09 Å². The van der Waals surface area contributed by atoms with Gasteiger partial charge in [-0.3, -0.25) is 9.69 Å². The standard InChI is InChI=1S/C17H16N4O4S/c22-10-12-9-21(17(24)25-12)15-2-1-13(26-15)16(23)19-8-11-3-5-20-6-4-18-14(20)7-11/h1-7,12,22H,8-10H2,(H,19,23). The molecule has 0 saturated carbocycles. The fourth-order valence-electron chi connectivity index (χ4n) is 2.72. The number of amides is 2. The molecule has 8 nitrogen and oxygen atoms in total. The molecule has 3 aromatic heterocycles. The zero-order chi connectivity index (χ0) is 18.1. The lowest BCUT2D eigenvalue weighted by Gasteiger charge is -2.09. The summed E-state index contributed by atoms with van der Waals surface area (Å²) >= 11 is 1.21. The highest BCUT2D eigenvalue weighted by atomic mass is 32.1. The quantitative estimate of drug-likeness (QED) is 0.710. The molecule has 134 valence electrons. The number of nitrogens with one attached hydrogen (secondary N) is 1. The molecule has 2 N–H and O–H groups in total. The summed E-state index contributed by atoms with van der Waals surface area (Å²) in [4.78, 5) is 30.3. The molecule has 4 rings (SSSR count). The topological polar surface area (TPSA) is 96.2 Å². The second kappa shape index (κ2) is 6.77. The van der Waals surface area contributed by atoms with Crippen molar-refractivity contribution in [2.45, 2.75) is 12.6 Å². The minimum absolute atomic E-state index is 0.212. The van der Waals surface area contributed by atoms with Crippen LogP contribution in [0.4, 0.5) is 9.80 Å². The first kappa shape index (κ1) is 16.6. The van der Waals surface area contributed by atoms with Crippen LogP contribution in [0, 0.1) is 0 Å². The van der Waals surface area contributed by atoms with Gasteiger partial charge in [-0.15, -0.1) is 11.3 Å².